The minimum absolute atomic E-state index is 0.230. The van der Waals surface area contributed by atoms with Gasteiger partial charge in [-0.1, -0.05) is 328 Å². The number of carboxylic acids is 1. The number of hydrogen-bond acceptors (Lipinski definition) is 20. The molecule has 3 saturated heterocycles. The van der Waals surface area contributed by atoms with Gasteiger partial charge in [0.25, 0.3) is 5.79 Å². The minimum atomic E-state index is -3.08. The number of carboxylic acid groups (broad SMARTS) is 1. The van der Waals surface area contributed by atoms with Crippen molar-refractivity contribution in [1.29, 1.82) is 0 Å². The predicted octanol–water partition coefficient (Wildman–Crippen LogP) is 12.0. The fraction of sp³-hybridized carbons (Fsp3) is 0.963. The Balaban J connectivity index is 1.49. The molecule has 18 atom stereocenters. The molecule has 2 amide bonds. The van der Waals surface area contributed by atoms with Crippen molar-refractivity contribution in [3.05, 3.63) is 0 Å². The second-order valence-corrected chi connectivity index (χ2v) is 31.1. The zero-order valence-electron chi connectivity index (χ0n) is 65.2. The maximum absolute atomic E-state index is 13.6. The number of carbonyl (C=O) groups is 3. The highest BCUT2D eigenvalue weighted by Gasteiger charge is 2.60. The number of aliphatic hydroxyl groups excluding tert-OH is 11. The summed E-state index contributed by atoms with van der Waals surface area (Å²) in [5.41, 5.74) is 0. The van der Waals surface area contributed by atoms with Crippen LogP contribution in [0, 0.1) is 0 Å². The SMILES string of the molecule is CCCCCCCCCCCCCCCCCCCCCCCCCCCC(=O)NC(COC1OC(CO)C(OC2OC(CO)C(O)C(OC3(C(=O)O)CC(O)C(NC(C)=O)C(C(O)C(O)CO)O3)C2O)C(O)C1O)C(O)CCCCCCCCCCCCCCCCCCCCCCCCCCC. The van der Waals surface area contributed by atoms with E-state index in [-0.39, 0.29) is 18.9 Å². The lowest BCUT2D eigenvalue weighted by Gasteiger charge is -2.50. The molecular weight excluding hydrogens is 1340 g/mol. The number of aliphatic hydroxyl groups is 11. The largest absolute Gasteiger partial charge is 0.477 e. The molecule has 23 nitrogen and oxygen atoms in total. The zero-order valence-corrected chi connectivity index (χ0v) is 65.2. The van der Waals surface area contributed by atoms with Gasteiger partial charge in [-0.2, -0.15) is 0 Å². The van der Waals surface area contributed by atoms with Crippen molar-refractivity contribution in [3.63, 3.8) is 0 Å². The highest BCUT2D eigenvalue weighted by molar-refractivity contribution is 5.77. The van der Waals surface area contributed by atoms with Crippen LogP contribution in [0.2, 0.25) is 0 Å². The third-order valence-electron chi connectivity index (χ3n) is 21.8. The van der Waals surface area contributed by atoms with E-state index in [4.69, 9.17) is 28.4 Å². The van der Waals surface area contributed by atoms with Gasteiger partial charge in [0.05, 0.1) is 50.7 Å². The molecule has 3 aliphatic heterocycles. The molecular formula is C81H154N2O21. The van der Waals surface area contributed by atoms with E-state index in [0.717, 1.165) is 51.9 Å². The minimum Gasteiger partial charge on any atom is -0.477 e. The molecule has 3 heterocycles. The lowest BCUT2D eigenvalue weighted by atomic mass is 9.88. The Hall–Kier alpha value is -2.27. The molecule has 0 aliphatic carbocycles. The molecule has 614 valence electrons. The lowest BCUT2D eigenvalue weighted by molar-refractivity contribution is -0.386. The van der Waals surface area contributed by atoms with Gasteiger partial charge in [0.2, 0.25) is 11.8 Å². The van der Waals surface area contributed by atoms with Crippen LogP contribution < -0.4 is 10.6 Å². The summed E-state index contributed by atoms with van der Waals surface area (Å²) >= 11 is 0. The van der Waals surface area contributed by atoms with Gasteiger partial charge in [-0.05, 0) is 12.8 Å². The van der Waals surface area contributed by atoms with E-state index < -0.39 is 148 Å². The third kappa shape index (κ3) is 40.1. The Morgan fingerprint density at radius 2 is 0.837 bits per heavy atom. The molecule has 0 spiro atoms. The van der Waals surface area contributed by atoms with Gasteiger partial charge in [0.15, 0.2) is 12.6 Å². The van der Waals surface area contributed by atoms with E-state index in [2.05, 4.69) is 24.5 Å². The number of aliphatic carboxylic acids is 1. The molecule has 0 bridgehead atoms. The predicted molar refractivity (Wildman–Crippen MR) is 403 cm³/mol. The smallest absolute Gasteiger partial charge is 0.364 e. The van der Waals surface area contributed by atoms with Crippen molar-refractivity contribution in [2.45, 2.75) is 471 Å². The first-order valence-electron chi connectivity index (χ1n) is 42.4. The summed E-state index contributed by atoms with van der Waals surface area (Å²) in [4.78, 5) is 38.8. The molecule has 14 N–H and O–H groups in total. The second-order valence-electron chi connectivity index (χ2n) is 31.1. The molecule has 3 fully saturated rings. The first kappa shape index (κ1) is 95.9. The van der Waals surface area contributed by atoms with Crippen LogP contribution >= 0.6 is 0 Å². The first-order valence-corrected chi connectivity index (χ1v) is 42.4. The number of amides is 2. The molecule has 0 aromatic rings. The third-order valence-corrected chi connectivity index (χ3v) is 21.8. The van der Waals surface area contributed by atoms with Crippen LogP contribution in [-0.4, -0.2) is 215 Å². The average molecular weight is 1490 g/mol. The molecule has 0 saturated carbocycles. The Kier molecular flexibility index (Phi) is 55.8. The Labute approximate surface area is 627 Å². The van der Waals surface area contributed by atoms with Crippen LogP contribution in [0.25, 0.3) is 0 Å². The van der Waals surface area contributed by atoms with E-state index >= 15 is 0 Å². The lowest BCUT2D eigenvalue weighted by Crippen LogP contribution is -2.70. The van der Waals surface area contributed by atoms with Gasteiger partial charge < -0.3 is 100 Å². The number of unbranched alkanes of at least 4 members (excludes halogenated alkanes) is 48. The van der Waals surface area contributed by atoms with Crippen LogP contribution in [0.5, 0.6) is 0 Å². The van der Waals surface area contributed by atoms with Crippen LogP contribution in [-0.2, 0) is 42.8 Å². The summed E-state index contributed by atoms with van der Waals surface area (Å²) in [6.45, 7) is 2.28. The average Bonchev–Trinajstić information content (AvgIpc) is 0.756. The molecule has 18 unspecified atom stereocenters. The van der Waals surface area contributed by atoms with Crippen molar-refractivity contribution >= 4 is 17.8 Å². The highest BCUT2D eigenvalue weighted by Crippen LogP contribution is 2.39. The highest BCUT2D eigenvalue weighted by atomic mass is 16.8. The van der Waals surface area contributed by atoms with E-state index in [9.17, 15) is 75.7 Å². The monoisotopic (exact) mass is 1490 g/mol. The quantitative estimate of drug-likeness (QED) is 0.0252. The summed E-state index contributed by atoms with van der Waals surface area (Å²) < 4.78 is 35.0. The van der Waals surface area contributed by atoms with Gasteiger partial charge in [-0.25, -0.2) is 4.79 Å². The second kappa shape index (κ2) is 60.5. The van der Waals surface area contributed by atoms with E-state index in [1.807, 2.05) is 0 Å². The normalized spacial score (nSPS) is 26.3. The molecule has 0 aromatic carbocycles. The maximum Gasteiger partial charge on any atom is 0.364 e. The molecule has 104 heavy (non-hydrogen) atoms. The molecule has 3 rings (SSSR count). The van der Waals surface area contributed by atoms with Crippen molar-refractivity contribution in [2.24, 2.45) is 0 Å². The van der Waals surface area contributed by atoms with Crippen LogP contribution in [0.4, 0.5) is 0 Å². The topological polar surface area (TPSA) is 373 Å². The van der Waals surface area contributed by atoms with Crippen molar-refractivity contribution in [1.82, 2.24) is 10.6 Å². The Morgan fingerprint density at radius 1 is 0.462 bits per heavy atom. The summed E-state index contributed by atoms with van der Waals surface area (Å²) in [6.07, 6.45) is 35.2. The summed E-state index contributed by atoms with van der Waals surface area (Å²) in [5, 5.41) is 137. The zero-order chi connectivity index (χ0) is 76.0. The van der Waals surface area contributed by atoms with Gasteiger partial charge in [0, 0.05) is 19.8 Å². The standard InChI is InChI=1S/C81H154N2O21/c1-4-6-8-10-12-14-16-18-20-22-24-26-28-30-32-34-36-38-40-42-44-46-48-50-52-54-63(88)62(83-68(91)55-53-51-49-47-45-43-41-39-37-35-33-31-29-27-25-23-21-19-17-15-13-11-9-7-5-2)60-99-78-73(95)72(94)75(67(59-86)101-78)102-79-74(96)77(71(93)66(58-85)100-79)104-81(80(97)98)56-64(89)69(82-61(3)87)76(103-81)70(92)65(90)57-84/h62-67,69-79,84-86,88-90,92-96H,4-60H2,1-3H3,(H,82,87)(H,83,91)(H,97,98). The van der Waals surface area contributed by atoms with Gasteiger partial charge >= 0.3 is 5.97 Å². The van der Waals surface area contributed by atoms with E-state index in [0.29, 0.717) is 19.3 Å². The fourth-order valence-corrected chi connectivity index (χ4v) is 15.1. The summed E-state index contributed by atoms with van der Waals surface area (Å²) in [6, 6.07) is -2.53. The van der Waals surface area contributed by atoms with Crippen molar-refractivity contribution in [2.75, 3.05) is 26.4 Å². The number of hydrogen-bond donors (Lipinski definition) is 14. The van der Waals surface area contributed by atoms with Crippen LogP contribution in [0.1, 0.15) is 361 Å². The molecule has 0 aromatic heterocycles. The molecule has 23 heteroatoms. The van der Waals surface area contributed by atoms with Gasteiger partial charge in [0.1, 0.15) is 67.1 Å². The Morgan fingerprint density at radius 3 is 1.20 bits per heavy atom. The summed E-state index contributed by atoms with van der Waals surface area (Å²) in [5.74, 6) is -6.09. The van der Waals surface area contributed by atoms with Gasteiger partial charge in [-0.15, -0.1) is 0 Å². The number of nitrogens with one attached hydrogen (secondary N) is 2. The number of rotatable bonds is 68. The molecule has 0 radical (unpaired) electrons. The van der Waals surface area contributed by atoms with Crippen molar-refractivity contribution in [3.8, 4) is 0 Å². The van der Waals surface area contributed by atoms with Gasteiger partial charge in [-0.3, -0.25) is 9.59 Å². The van der Waals surface area contributed by atoms with E-state index in [1.54, 1.807) is 0 Å². The van der Waals surface area contributed by atoms with Crippen LogP contribution in [0.15, 0.2) is 0 Å². The molecule has 3 aliphatic rings. The first-order chi connectivity index (χ1) is 50.4. The van der Waals surface area contributed by atoms with Crippen molar-refractivity contribution < 1.29 is 104 Å². The Bertz CT molecular complexity index is 2070. The van der Waals surface area contributed by atoms with E-state index in [1.165, 1.54) is 263 Å². The fourth-order valence-electron chi connectivity index (χ4n) is 15.1. The summed E-state index contributed by atoms with van der Waals surface area (Å²) in [7, 11) is 0. The number of carbonyl (C=O) groups excluding carboxylic acids is 2. The maximum atomic E-state index is 13.6. The van der Waals surface area contributed by atoms with Crippen LogP contribution in [0.3, 0.4) is 0 Å². The number of ether oxygens (including phenoxy) is 6.